The zero-order valence-electron chi connectivity index (χ0n) is 15.4. The molecule has 0 radical (unpaired) electrons. The minimum atomic E-state index is -0.444. The normalized spacial score (nSPS) is 28.0. The fraction of sp³-hybridized carbons (Fsp3) is 0.476. The average molecular weight is 389 g/mol. The molecule has 1 saturated carbocycles. The van der Waals surface area contributed by atoms with Crippen molar-refractivity contribution in [3.63, 3.8) is 0 Å². The lowest BCUT2D eigenvalue weighted by Gasteiger charge is -2.35. The number of benzene rings is 1. The Kier molecular flexibility index (Phi) is 5.53. The predicted octanol–water partition coefficient (Wildman–Crippen LogP) is 3.39. The molecule has 5 nitrogen and oxygen atoms in total. The highest BCUT2D eigenvalue weighted by Gasteiger charge is 2.42. The Morgan fingerprint density at radius 2 is 1.93 bits per heavy atom. The summed E-state index contributed by atoms with van der Waals surface area (Å²) in [6.45, 7) is 2.80. The lowest BCUT2D eigenvalue weighted by molar-refractivity contribution is -0.0231. The minimum Gasteiger partial charge on any atom is -0.488 e. The number of fused-ring (bicyclic) bond motifs is 1. The van der Waals surface area contributed by atoms with Gasteiger partial charge in [-0.1, -0.05) is 23.7 Å². The molecular formula is C21H25ClN2O3. The summed E-state index contributed by atoms with van der Waals surface area (Å²) in [7, 11) is 1.64. The number of halogens is 1. The second kappa shape index (κ2) is 8.05. The van der Waals surface area contributed by atoms with Crippen LogP contribution in [0.2, 0.25) is 5.02 Å². The quantitative estimate of drug-likeness (QED) is 0.850. The van der Waals surface area contributed by atoms with Gasteiger partial charge in [-0.2, -0.15) is 0 Å². The predicted molar refractivity (Wildman–Crippen MR) is 104 cm³/mol. The van der Waals surface area contributed by atoms with Gasteiger partial charge in [0.15, 0.2) is 0 Å². The number of methoxy groups -OCH3 is 1. The molecule has 6 heteroatoms. The van der Waals surface area contributed by atoms with Crippen molar-refractivity contribution in [1.29, 1.82) is 0 Å². The summed E-state index contributed by atoms with van der Waals surface area (Å²) in [6.07, 6.45) is 1.01. The first-order valence-electron chi connectivity index (χ1n) is 9.43. The molecule has 1 aromatic carbocycles. The van der Waals surface area contributed by atoms with E-state index in [1.54, 1.807) is 13.2 Å². The van der Waals surface area contributed by atoms with Gasteiger partial charge in [-0.25, -0.2) is 4.98 Å². The highest BCUT2D eigenvalue weighted by Crippen LogP contribution is 2.38. The van der Waals surface area contributed by atoms with Crippen LogP contribution in [0.15, 0.2) is 42.5 Å². The summed E-state index contributed by atoms with van der Waals surface area (Å²) in [5.74, 6) is 2.41. The van der Waals surface area contributed by atoms with Gasteiger partial charge < -0.3 is 14.6 Å². The molecule has 4 atom stereocenters. The van der Waals surface area contributed by atoms with Crippen LogP contribution in [0.25, 0.3) is 0 Å². The highest BCUT2D eigenvalue weighted by atomic mass is 35.5. The highest BCUT2D eigenvalue weighted by molar-refractivity contribution is 6.30. The average Bonchev–Trinajstić information content (AvgIpc) is 3.03. The van der Waals surface area contributed by atoms with Gasteiger partial charge in [0.1, 0.15) is 11.9 Å². The minimum absolute atomic E-state index is 0.181. The number of rotatable bonds is 5. The van der Waals surface area contributed by atoms with Gasteiger partial charge in [-0.15, -0.1) is 0 Å². The van der Waals surface area contributed by atoms with Crippen LogP contribution in [0.5, 0.6) is 11.6 Å². The molecule has 2 aliphatic rings. The van der Waals surface area contributed by atoms with Crippen molar-refractivity contribution in [1.82, 2.24) is 9.88 Å². The Bertz CT molecular complexity index is 788. The molecule has 0 spiro atoms. The maximum Gasteiger partial charge on any atom is 0.213 e. The van der Waals surface area contributed by atoms with E-state index in [1.165, 1.54) is 0 Å². The Morgan fingerprint density at radius 1 is 1.15 bits per heavy atom. The molecule has 0 unspecified atom stereocenters. The molecule has 1 aliphatic carbocycles. The van der Waals surface area contributed by atoms with Crippen molar-refractivity contribution in [2.75, 3.05) is 20.2 Å². The summed E-state index contributed by atoms with van der Waals surface area (Å²) in [5.41, 5.74) is 1.01. The Hall–Kier alpha value is -1.82. The van der Waals surface area contributed by atoms with Crippen LogP contribution < -0.4 is 9.47 Å². The summed E-state index contributed by atoms with van der Waals surface area (Å²) in [5, 5.41) is 11.2. The molecule has 1 saturated heterocycles. The van der Waals surface area contributed by atoms with Gasteiger partial charge in [0, 0.05) is 30.7 Å². The van der Waals surface area contributed by atoms with Gasteiger partial charge in [-0.3, -0.25) is 4.90 Å². The Balaban J connectivity index is 1.38. The van der Waals surface area contributed by atoms with Crippen LogP contribution in [0, 0.1) is 11.8 Å². The smallest absolute Gasteiger partial charge is 0.213 e. The van der Waals surface area contributed by atoms with E-state index < -0.39 is 6.10 Å². The fourth-order valence-electron chi connectivity index (χ4n) is 4.35. The molecule has 0 amide bonds. The summed E-state index contributed by atoms with van der Waals surface area (Å²) < 4.78 is 11.3. The van der Waals surface area contributed by atoms with Crippen LogP contribution in [0.3, 0.4) is 0 Å². The van der Waals surface area contributed by atoms with Crippen LogP contribution >= 0.6 is 11.6 Å². The molecule has 4 rings (SSSR count). The van der Waals surface area contributed by atoms with E-state index in [4.69, 9.17) is 21.1 Å². The fourth-order valence-corrected chi connectivity index (χ4v) is 4.53. The SMILES string of the molecule is COc1cccc(CN2C[C@H]3C[C@@H](Oc4cccc(Cl)c4)[C@H](O)C[C@H]3C2)n1. The van der Waals surface area contributed by atoms with E-state index in [1.807, 2.05) is 36.4 Å². The first kappa shape index (κ1) is 18.5. The maximum absolute atomic E-state index is 10.6. The monoisotopic (exact) mass is 388 g/mol. The van der Waals surface area contributed by atoms with Gasteiger partial charge >= 0.3 is 0 Å². The molecule has 1 N–H and O–H groups in total. The number of hydrogen-bond donors (Lipinski definition) is 1. The van der Waals surface area contributed by atoms with Crippen molar-refractivity contribution in [2.45, 2.75) is 31.6 Å². The molecule has 1 aromatic heterocycles. The van der Waals surface area contributed by atoms with Gasteiger partial charge in [0.25, 0.3) is 0 Å². The van der Waals surface area contributed by atoms with Gasteiger partial charge in [-0.05, 0) is 48.9 Å². The third kappa shape index (κ3) is 4.37. The van der Waals surface area contributed by atoms with Crippen LogP contribution in [0.4, 0.5) is 0 Å². The lowest BCUT2D eigenvalue weighted by Crippen LogP contribution is -2.42. The maximum atomic E-state index is 10.6. The number of hydrogen-bond acceptors (Lipinski definition) is 5. The third-order valence-electron chi connectivity index (χ3n) is 5.62. The van der Waals surface area contributed by atoms with Crippen molar-refractivity contribution in [2.24, 2.45) is 11.8 Å². The van der Waals surface area contributed by atoms with Crippen molar-refractivity contribution in [3.05, 3.63) is 53.2 Å². The lowest BCUT2D eigenvalue weighted by atomic mass is 9.78. The standard InChI is InChI=1S/C21H25ClN2O3/c1-26-21-7-3-5-17(23-21)13-24-11-14-8-19(25)20(9-15(14)12-24)27-18-6-2-4-16(22)10-18/h2-7,10,14-15,19-20,25H,8-9,11-13H2,1H3/t14-,15+,19+,20+/m0/s1. The first-order valence-corrected chi connectivity index (χ1v) is 9.81. The molecule has 144 valence electrons. The third-order valence-corrected chi connectivity index (χ3v) is 5.86. The van der Waals surface area contributed by atoms with E-state index in [0.29, 0.717) is 22.7 Å². The second-order valence-electron chi connectivity index (χ2n) is 7.54. The van der Waals surface area contributed by atoms with E-state index in [9.17, 15) is 5.11 Å². The molecule has 2 fully saturated rings. The first-order chi connectivity index (χ1) is 13.1. The number of pyridine rings is 1. The molecule has 0 bridgehead atoms. The van der Waals surface area contributed by atoms with Crippen LogP contribution in [0.1, 0.15) is 18.5 Å². The van der Waals surface area contributed by atoms with E-state index in [2.05, 4.69) is 9.88 Å². The number of ether oxygens (including phenoxy) is 2. The largest absolute Gasteiger partial charge is 0.488 e. The number of aliphatic hydroxyl groups excluding tert-OH is 1. The van der Waals surface area contributed by atoms with Crippen LogP contribution in [-0.2, 0) is 6.54 Å². The molecule has 27 heavy (non-hydrogen) atoms. The number of aromatic nitrogens is 1. The molecule has 2 aromatic rings. The molecule has 2 heterocycles. The van der Waals surface area contributed by atoms with Gasteiger partial charge in [0.2, 0.25) is 5.88 Å². The topological polar surface area (TPSA) is 54.8 Å². The zero-order valence-corrected chi connectivity index (χ0v) is 16.2. The second-order valence-corrected chi connectivity index (χ2v) is 7.97. The van der Waals surface area contributed by atoms with E-state index in [-0.39, 0.29) is 6.10 Å². The summed E-state index contributed by atoms with van der Waals surface area (Å²) in [4.78, 5) is 6.94. The van der Waals surface area contributed by atoms with Crippen molar-refractivity contribution >= 4 is 11.6 Å². The van der Waals surface area contributed by atoms with Crippen molar-refractivity contribution in [3.8, 4) is 11.6 Å². The molecular weight excluding hydrogens is 364 g/mol. The van der Waals surface area contributed by atoms with Crippen molar-refractivity contribution < 1.29 is 14.6 Å². The van der Waals surface area contributed by atoms with Crippen LogP contribution in [-0.4, -0.2) is 47.4 Å². The van der Waals surface area contributed by atoms with Gasteiger partial charge in [0.05, 0.1) is 18.9 Å². The van der Waals surface area contributed by atoms with E-state index >= 15 is 0 Å². The number of likely N-dealkylation sites (tertiary alicyclic amines) is 1. The zero-order chi connectivity index (χ0) is 18.8. The molecule has 1 aliphatic heterocycles. The summed E-state index contributed by atoms with van der Waals surface area (Å²) >= 11 is 6.04. The number of aliphatic hydroxyl groups is 1. The van der Waals surface area contributed by atoms with E-state index in [0.717, 1.165) is 43.9 Å². The number of nitrogens with zero attached hydrogens (tertiary/aromatic N) is 2. The summed E-state index contributed by atoms with van der Waals surface area (Å²) in [6, 6.07) is 13.3. The Morgan fingerprint density at radius 3 is 2.70 bits per heavy atom. The Labute approximate surface area is 164 Å².